The molecule has 0 spiro atoms. The lowest BCUT2D eigenvalue weighted by atomic mass is 10.0. The monoisotopic (exact) mass is 400 g/mol. The number of Topliss-reactive ketones (excluding diaryl/α,β-unsaturated/α-hetero) is 1. The van der Waals surface area contributed by atoms with Gasteiger partial charge in [0.05, 0.1) is 11.8 Å². The summed E-state index contributed by atoms with van der Waals surface area (Å²) in [6, 6.07) is 15.4. The number of para-hydroxylation sites is 1. The molecule has 148 valence electrons. The van der Waals surface area contributed by atoms with Gasteiger partial charge in [0.25, 0.3) is 0 Å². The molecule has 2 aliphatic rings. The molecule has 2 aromatic carbocycles. The van der Waals surface area contributed by atoms with Crippen molar-refractivity contribution >= 4 is 17.8 Å². The molecule has 0 bridgehead atoms. The third-order valence-corrected chi connectivity index (χ3v) is 4.89. The number of fused-ring (bicyclic) bond motifs is 2. The molecular formula is C24H16O6. The van der Waals surface area contributed by atoms with Crippen molar-refractivity contribution in [3.05, 3.63) is 95.2 Å². The lowest BCUT2D eigenvalue weighted by Crippen LogP contribution is -2.18. The molecule has 30 heavy (non-hydrogen) atoms. The van der Waals surface area contributed by atoms with E-state index in [1.165, 1.54) is 18.4 Å². The first-order valence-corrected chi connectivity index (χ1v) is 9.40. The van der Waals surface area contributed by atoms with E-state index in [-0.39, 0.29) is 29.2 Å². The topological polar surface area (TPSA) is 75.0 Å². The van der Waals surface area contributed by atoms with Crippen LogP contribution >= 0.6 is 0 Å². The fourth-order valence-corrected chi connectivity index (χ4v) is 3.36. The zero-order chi connectivity index (χ0) is 20.7. The van der Waals surface area contributed by atoms with Crippen LogP contribution in [0.15, 0.2) is 82.7 Å². The van der Waals surface area contributed by atoms with Gasteiger partial charge in [-0.15, -0.1) is 0 Å². The molecule has 0 aliphatic carbocycles. The van der Waals surface area contributed by atoms with E-state index >= 15 is 0 Å². The zero-order valence-electron chi connectivity index (χ0n) is 16.0. The number of benzene rings is 2. The Kier molecular flexibility index (Phi) is 4.25. The van der Waals surface area contributed by atoms with Gasteiger partial charge in [0.15, 0.2) is 5.76 Å². The van der Waals surface area contributed by atoms with Crippen molar-refractivity contribution in [2.24, 2.45) is 0 Å². The van der Waals surface area contributed by atoms with E-state index in [1.807, 2.05) is 37.3 Å². The number of ketones is 1. The minimum absolute atomic E-state index is 0.0894. The first-order chi connectivity index (χ1) is 14.6. The van der Waals surface area contributed by atoms with E-state index in [0.29, 0.717) is 11.3 Å². The molecule has 0 N–H and O–H groups in total. The van der Waals surface area contributed by atoms with Crippen LogP contribution in [0.25, 0.3) is 6.08 Å². The molecular weight excluding hydrogens is 384 g/mol. The number of allylic oxidation sites excluding steroid dienone is 1. The van der Waals surface area contributed by atoms with Crippen LogP contribution < -0.4 is 14.2 Å². The maximum Gasteiger partial charge on any atom is 0.379 e. The van der Waals surface area contributed by atoms with E-state index in [2.05, 4.69) is 0 Å². The van der Waals surface area contributed by atoms with E-state index in [1.54, 1.807) is 24.3 Å². The van der Waals surface area contributed by atoms with Gasteiger partial charge in [-0.3, -0.25) is 4.79 Å². The number of hydrogen-bond donors (Lipinski definition) is 0. The van der Waals surface area contributed by atoms with E-state index in [9.17, 15) is 9.59 Å². The van der Waals surface area contributed by atoms with Crippen LogP contribution in [0.2, 0.25) is 0 Å². The Balaban J connectivity index is 1.40. The molecule has 0 saturated carbocycles. The second kappa shape index (κ2) is 7.08. The zero-order valence-corrected chi connectivity index (χ0v) is 16.0. The van der Waals surface area contributed by atoms with Gasteiger partial charge in [0.2, 0.25) is 11.5 Å². The summed E-state index contributed by atoms with van der Waals surface area (Å²) >= 11 is 0. The van der Waals surface area contributed by atoms with Gasteiger partial charge < -0.3 is 18.6 Å². The fourth-order valence-electron chi connectivity index (χ4n) is 3.36. The molecule has 3 heterocycles. The molecule has 5 rings (SSSR count). The molecule has 0 amide bonds. The van der Waals surface area contributed by atoms with E-state index in [0.717, 1.165) is 16.9 Å². The van der Waals surface area contributed by atoms with Crippen molar-refractivity contribution in [2.75, 3.05) is 0 Å². The molecule has 0 saturated heterocycles. The first-order valence-electron chi connectivity index (χ1n) is 9.40. The predicted octanol–water partition coefficient (Wildman–Crippen LogP) is 4.82. The Morgan fingerprint density at radius 1 is 1.07 bits per heavy atom. The summed E-state index contributed by atoms with van der Waals surface area (Å²) < 4.78 is 22.0. The molecule has 0 unspecified atom stereocenters. The van der Waals surface area contributed by atoms with Crippen LogP contribution in [0.4, 0.5) is 0 Å². The van der Waals surface area contributed by atoms with Crippen LogP contribution in [0.3, 0.4) is 0 Å². The number of furan rings is 1. The summed E-state index contributed by atoms with van der Waals surface area (Å²) in [5.74, 6) is 0.815. The second-order valence-electron chi connectivity index (χ2n) is 6.91. The Labute approximate surface area is 172 Å². The molecule has 6 heteroatoms. The van der Waals surface area contributed by atoms with Crippen LogP contribution in [0.1, 0.15) is 33.4 Å². The van der Waals surface area contributed by atoms with Crippen molar-refractivity contribution in [1.29, 1.82) is 0 Å². The highest BCUT2D eigenvalue weighted by molar-refractivity contribution is 6.12. The van der Waals surface area contributed by atoms with Gasteiger partial charge in [0.1, 0.15) is 23.4 Å². The van der Waals surface area contributed by atoms with Crippen molar-refractivity contribution in [1.82, 2.24) is 0 Å². The summed E-state index contributed by atoms with van der Waals surface area (Å²) in [4.78, 5) is 24.8. The van der Waals surface area contributed by atoms with E-state index < -0.39 is 5.97 Å². The molecule has 3 aromatic rings. The smallest absolute Gasteiger partial charge is 0.379 e. The first kappa shape index (κ1) is 18.0. The highest BCUT2D eigenvalue weighted by Crippen LogP contribution is 2.36. The summed E-state index contributed by atoms with van der Waals surface area (Å²) in [7, 11) is 0. The maximum atomic E-state index is 12.8. The van der Waals surface area contributed by atoms with Gasteiger partial charge in [-0.1, -0.05) is 18.2 Å². The van der Waals surface area contributed by atoms with Crippen molar-refractivity contribution in [3.8, 4) is 17.2 Å². The van der Waals surface area contributed by atoms with Gasteiger partial charge >= 0.3 is 5.97 Å². The molecule has 2 aliphatic heterocycles. The Morgan fingerprint density at radius 2 is 1.93 bits per heavy atom. The largest absolute Gasteiger partial charge is 0.485 e. The van der Waals surface area contributed by atoms with Gasteiger partial charge in [0, 0.05) is 11.6 Å². The molecule has 1 atom stereocenters. The number of rotatable bonds is 3. The normalized spacial score (nSPS) is 18.2. The summed E-state index contributed by atoms with van der Waals surface area (Å²) in [6.07, 6.45) is 4.84. The third kappa shape index (κ3) is 3.18. The minimum atomic E-state index is -0.628. The highest BCUT2D eigenvalue weighted by atomic mass is 16.5. The average molecular weight is 400 g/mol. The SMILES string of the molecule is C[C@@H]1Oc2ccccc2C=C1/C=C1\Oc2cc(OC(=O)c3ccco3)ccc2C1=O. The Hall–Kier alpha value is -4.06. The van der Waals surface area contributed by atoms with Gasteiger partial charge in [-0.05, 0) is 55.0 Å². The molecule has 1 aromatic heterocycles. The standard InChI is InChI=1S/C24H16O6/c1-14-16(11-15-5-2-3-6-19(15)28-14)12-22-23(25)18-9-8-17(13-21(18)30-22)29-24(26)20-7-4-10-27-20/h2-14H,1H3/b22-12-/t14-/m0/s1. The summed E-state index contributed by atoms with van der Waals surface area (Å²) in [5, 5.41) is 0. The third-order valence-electron chi connectivity index (χ3n) is 4.89. The number of esters is 1. The van der Waals surface area contributed by atoms with Gasteiger partial charge in [-0.2, -0.15) is 0 Å². The van der Waals surface area contributed by atoms with Crippen LogP contribution in [-0.2, 0) is 0 Å². The lowest BCUT2D eigenvalue weighted by molar-refractivity contribution is 0.0701. The average Bonchev–Trinajstić information content (AvgIpc) is 3.38. The lowest BCUT2D eigenvalue weighted by Gasteiger charge is -2.22. The number of hydrogen-bond acceptors (Lipinski definition) is 6. The summed E-state index contributed by atoms with van der Waals surface area (Å²) in [6.45, 7) is 1.91. The Bertz CT molecular complexity index is 1220. The van der Waals surface area contributed by atoms with Crippen molar-refractivity contribution in [2.45, 2.75) is 13.0 Å². The number of ether oxygens (including phenoxy) is 3. The second-order valence-corrected chi connectivity index (χ2v) is 6.91. The van der Waals surface area contributed by atoms with Crippen LogP contribution in [0, 0.1) is 0 Å². The van der Waals surface area contributed by atoms with E-state index in [4.69, 9.17) is 18.6 Å². The Morgan fingerprint density at radius 3 is 2.77 bits per heavy atom. The molecule has 6 nitrogen and oxygen atoms in total. The number of carbonyl (C=O) groups excluding carboxylic acids is 2. The van der Waals surface area contributed by atoms with Crippen molar-refractivity contribution < 1.29 is 28.2 Å². The quantitative estimate of drug-likeness (QED) is 0.356. The molecule has 0 radical (unpaired) electrons. The van der Waals surface area contributed by atoms with Gasteiger partial charge in [-0.25, -0.2) is 4.79 Å². The number of carbonyl (C=O) groups is 2. The fraction of sp³-hybridized carbons (Fsp3) is 0.0833. The highest BCUT2D eigenvalue weighted by Gasteiger charge is 2.29. The maximum absolute atomic E-state index is 12.8. The van der Waals surface area contributed by atoms with Crippen LogP contribution in [0.5, 0.6) is 17.2 Å². The minimum Gasteiger partial charge on any atom is -0.485 e. The van der Waals surface area contributed by atoms with Crippen molar-refractivity contribution in [3.63, 3.8) is 0 Å². The van der Waals surface area contributed by atoms with Crippen LogP contribution in [-0.4, -0.2) is 17.9 Å². The predicted molar refractivity (Wildman–Crippen MR) is 108 cm³/mol. The molecule has 0 fully saturated rings. The summed E-state index contributed by atoms with van der Waals surface area (Å²) in [5.41, 5.74) is 2.18.